The summed E-state index contributed by atoms with van der Waals surface area (Å²) in [4.78, 5) is 13.1. The zero-order valence-corrected chi connectivity index (χ0v) is 15.6. The predicted molar refractivity (Wildman–Crippen MR) is 107 cm³/mol. The van der Waals surface area contributed by atoms with Gasteiger partial charge in [-0.2, -0.15) is 0 Å². The maximum Gasteiger partial charge on any atom is 0.307 e. The summed E-state index contributed by atoms with van der Waals surface area (Å²) in [7, 11) is -1.89. The van der Waals surface area contributed by atoms with E-state index >= 15 is 0 Å². The van der Waals surface area contributed by atoms with Crippen molar-refractivity contribution in [2.75, 3.05) is 4.72 Å². The Labute approximate surface area is 156 Å². The first-order valence-electron chi connectivity index (χ1n) is 8.37. The maximum atomic E-state index is 13.0. The number of thiazole rings is 1. The smallest absolute Gasteiger partial charge is 0.305 e. The molecule has 2 aliphatic rings. The molecule has 0 bridgehead atoms. The van der Waals surface area contributed by atoms with Crippen molar-refractivity contribution in [1.29, 1.82) is 0 Å². The average molecular weight is 386 g/mol. The van der Waals surface area contributed by atoms with Crippen LogP contribution in [0.1, 0.15) is 24.3 Å². The number of sulfonamides is 1. The molecule has 1 N–H and O–H groups in total. The van der Waals surface area contributed by atoms with Gasteiger partial charge in [0, 0.05) is 31.7 Å². The Kier molecular flexibility index (Phi) is 3.24. The first-order chi connectivity index (χ1) is 12.4. The molecule has 134 valence electrons. The summed E-state index contributed by atoms with van der Waals surface area (Å²) in [5, 5.41) is 2.05. The van der Waals surface area contributed by atoms with Gasteiger partial charge in [0.05, 0.1) is 9.78 Å². The van der Waals surface area contributed by atoms with E-state index in [1.807, 2.05) is 36.4 Å². The fraction of sp³-hybridized carbons (Fsp3) is 0.211. The highest BCUT2D eigenvalue weighted by Crippen LogP contribution is 2.57. The zero-order chi connectivity index (χ0) is 18.1. The number of nitrogens with zero attached hydrogens (tertiary/aromatic N) is 1. The van der Waals surface area contributed by atoms with E-state index in [1.165, 1.54) is 0 Å². The standard InChI is InChI=1S/C19H16N2O3S2.H2/c1-21-18-15-9-14(15)17(10-16(18)25-19(21)22)26(23,24)20-13-7-6-11-4-2-3-5-12(11)8-13;/h2-8,10,14-15,20H,9H2,1H3;1H. The third kappa shape index (κ3) is 2.34. The lowest BCUT2D eigenvalue weighted by molar-refractivity contribution is 0.604. The number of fused-ring (bicyclic) bond motifs is 4. The van der Waals surface area contributed by atoms with Crippen molar-refractivity contribution in [2.24, 2.45) is 13.0 Å². The van der Waals surface area contributed by atoms with Crippen LogP contribution in [0, 0.1) is 5.92 Å². The van der Waals surface area contributed by atoms with Crippen molar-refractivity contribution in [3.8, 4) is 0 Å². The number of nitrogens with one attached hydrogen (secondary N) is 1. The molecule has 1 fully saturated rings. The van der Waals surface area contributed by atoms with E-state index in [0.717, 1.165) is 39.1 Å². The van der Waals surface area contributed by atoms with E-state index < -0.39 is 10.0 Å². The highest BCUT2D eigenvalue weighted by Gasteiger charge is 2.50. The molecule has 2 unspecified atom stereocenters. The molecule has 0 aliphatic heterocycles. The van der Waals surface area contributed by atoms with Gasteiger partial charge in [-0.15, -0.1) is 0 Å². The van der Waals surface area contributed by atoms with Crippen LogP contribution in [0.15, 0.2) is 52.2 Å². The summed E-state index contributed by atoms with van der Waals surface area (Å²) in [5.41, 5.74) is 1.53. The minimum atomic E-state index is -3.65. The summed E-state index contributed by atoms with van der Waals surface area (Å²) in [6.45, 7) is 0. The SMILES string of the molecule is Cn1c2c(sc1=O)C=C(S(=O)(=O)Nc1ccc3ccccc3c1)C1CC21.[HH]. The van der Waals surface area contributed by atoms with E-state index in [-0.39, 0.29) is 18.1 Å². The summed E-state index contributed by atoms with van der Waals surface area (Å²) in [6.07, 6.45) is 2.46. The van der Waals surface area contributed by atoms with Crippen LogP contribution in [-0.4, -0.2) is 13.0 Å². The van der Waals surface area contributed by atoms with Crippen LogP contribution >= 0.6 is 11.3 Å². The Morgan fingerprint density at radius 1 is 1.15 bits per heavy atom. The third-order valence-corrected chi connectivity index (χ3v) is 7.72. The van der Waals surface area contributed by atoms with Crippen molar-refractivity contribution in [3.63, 3.8) is 0 Å². The van der Waals surface area contributed by atoms with Gasteiger partial charge >= 0.3 is 4.87 Å². The van der Waals surface area contributed by atoms with Gasteiger partial charge in [0.15, 0.2) is 0 Å². The molecule has 5 nitrogen and oxygen atoms in total. The molecule has 0 spiro atoms. The lowest BCUT2D eigenvalue weighted by Crippen LogP contribution is -2.19. The number of hydrogen-bond acceptors (Lipinski definition) is 4. The van der Waals surface area contributed by atoms with E-state index in [2.05, 4.69) is 4.72 Å². The summed E-state index contributed by atoms with van der Waals surface area (Å²) < 4.78 is 30.3. The first-order valence-corrected chi connectivity index (χ1v) is 10.7. The topological polar surface area (TPSA) is 68.2 Å². The number of rotatable bonds is 3. The van der Waals surface area contributed by atoms with E-state index in [9.17, 15) is 13.2 Å². The lowest BCUT2D eigenvalue weighted by Gasteiger charge is -2.16. The second kappa shape index (κ2) is 5.31. The van der Waals surface area contributed by atoms with Gasteiger partial charge in [-0.1, -0.05) is 41.7 Å². The van der Waals surface area contributed by atoms with Crippen LogP contribution in [0.25, 0.3) is 16.8 Å². The summed E-state index contributed by atoms with van der Waals surface area (Å²) >= 11 is 1.11. The predicted octanol–water partition coefficient (Wildman–Crippen LogP) is 3.75. The molecule has 0 saturated heterocycles. The van der Waals surface area contributed by atoms with Crippen LogP contribution in [0.4, 0.5) is 5.69 Å². The number of benzene rings is 2. The molecular formula is C19H18N2O3S2. The molecule has 0 radical (unpaired) electrons. The van der Waals surface area contributed by atoms with Crippen molar-refractivity contribution in [3.05, 3.63) is 67.6 Å². The molecule has 1 saturated carbocycles. The van der Waals surface area contributed by atoms with E-state index in [4.69, 9.17) is 0 Å². The van der Waals surface area contributed by atoms with Crippen molar-refractivity contribution in [2.45, 2.75) is 12.3 Å². The Morgan fingerprint density at radius 2 is 1.92 bits per heavy atom. The molecule has 26 heavy (non-hydrogen) atoms. The quantitative estimate of drug-likeness (QED) is 0.745. The molecule has 3 aromatic rings. The van der Waals surface area contributed by atoms with Crippen molar-refractivity contribution >= 4 is 43.9 Å². The molecule has 2 atom stereocenters. The fourth-order valence-corrected chi connectivity index (χ4v) is 6.37. The van der Waals surface area contributed by atoms with Crippen molar-refractivity contribution in [1.82, 2.24) is 4.57 Å². The molecule has 5 rings (SSSR count). The Bertz CT molecular complexity index is 1260. The minimum absolute atomic E-state index is 0. The van der Waals surface area contributed by atoms with Crippen LogP contribution in [0.2, 0.25) is 0 Å². The third-order valence-electron chi connectivity index (χ3n) is 5.18. The fourth-order valence-electron chi connectivity index (χ4n) is 3.80. The van der Waals surface area contributed by atoms with Crippen molar-refractivity contribution < 1.29 is 9.84 Å². The summed E-state index contributed by atoms with van der Waals surface area (Å²) in [6, 6.07) is 13.4. The van der Waals surface area contributed by atoms with Crippen LogP contribution in [0.5, 0.6) is 0 Å². The minimum Gasteiger partial charge on any atom is -0.305 e. The van der Waals surface area contributed by atoms with Gasteiger partial charge in [0.2, 0.25) is 0 Å². The molecule has 2 aromatic carbocycles. The number of hydrogen-bond donors (Lipinski definition) is 1. The van der Waals surface area contributed by atoms with Gasteiger partial charge < -0.3 is 4.57 Å². The van der Waals surface area contributed by atoms with Gasteiger partial charge in [0.1, 0.15) is 0 Å². The van der Waals surface area contributed by atoms with Gasteiger partial charge in [-0.3, -0.25) is 9.52 Å². The lowest BCUT2D eigenvalue weighted by atomic mass is 10.1. The van der Waals surface area contributed by atoms with Crippen LogP contribution in [-0.2, 0) is 17.1 Å². The first kappa shape index (κ1) is 15.8. The molecule has 1 aromatic heterocycles. The zero-order valence-electron chi connectivity index (χ0n) is 14.0. The van der Waals surface area contributed by atoms with Crippen LogP contribution < -0.4 is 9.60 Å². The maximum absolute atomic E-state index is 13.0. The normalized spacial score (nSPS) is 21.0. The Balaban J connectivity index is 0.00000180. The Morgan fingerprint density at radius 3 is 2.73 bits per heavy atom. The van der Waals surface area contributed by atoms with Gasteiger partial charge in [0.25, 0.3) is 10.0 Å². The molecule has 2 aliphatic carbocycles. The summed E-state index contributed by atoms with van der Waals surface area (Å²) in [5.74, 6) is 0.114. The van der Waals surface area contributed by atoms with Crippen LogP contribution in [0.3, 0.4) is 0 Å². The average Bonchev–Trinajstić information content (AvgIpc) is 3.34. The molecule has 1 heterocycles. The second-order valence-corrected chi connectivity index (χ2v) is 9.51. The van der Waals surface area contributed by atoms with E-state index in [1.54, 1.807) is 23.8 Å². The monoisotopic (exact) mass is 386 g/mol. The number of anilines is 1. The van der Waals surface area contributed by atoms with Gasteiger partial charge in [-0.05, 0) is 35.4 Å². The highest BCUT2D eigenvalue weighted by atomic mass is 32.2. The second-order valence-electron chi connectivity index (χ2n) is 6.84. The molecule has 0 amide bonds. The van der Waals surface area contributed by atoms with E-state index in [0.29, 0.717) is 10.6 Å². The molecular weight excluding hydrogens is 368 g/mol. The number of aromatic nitrogens is 1. The number of allylic oxidation sites excluding steroid dienone is 1. The van der Waals surface area contributed by atoms with Gasteiger partial charge in [-0.25, -0.2) is 8.42 Å². The largest absolute Gasteiger partial charge is 0.307 e. The Hall–Kier alpha value is -2.38. The highest BCUT2D eigenvalue weighted by molar-refractivity contribution is 7.96. The molecule has 7 heteroatoms.